The topological polar surface area (TPSA) is 65.8 Å². The number of benzene rings is 2. The number of amides is 2. The van der Waals surface area contributed by atoms with Crippen molar-refractivity contribution in [2.45, 2.75) is 38.8 Å². The molecule has 4 rings (SSSR count). The van der Waals surface area contributed by atoms with Crippen LogP contribution in [0.4, 0.5) is 5.69 Å². The Balaban J connectivity index is 1.35. The molecule has 0 spiro atoms. The van der Waals surface area contributed by atoms with Gasteiger partial charge in [-0.05, 0) is 35.7 Å². The number of hydrogen-bond acceptors (Lipinski definition) is 4. The van der Waals surface area contributed by atoms with Crippen LogP contribution in [0.3, 0.4) is 0 Å². The Bertz CT molecular complexity index is 1050. The van der Waals surface area contributed by atoms with Gasteiger partial charge in [0.1, 0.15) is 11.8 Å². The first kappa shape index (κ1) is 22.8. The largest absolute Gasteiger partial charge is 0.468 e. The van der Waals surface area contributed by atoms with Crippen molar-refractivity contribution in [2.75, 3.05) is 24.5 Å². The number of anilines is 1. The lowest BCUT2D eigenvalue weighted by Crippen LogP contribution is -2.49. The van der Waals surface area contributed by atoms with E-state index in [-0.39, 0.29) is 11.8 Å². The molecule has 1 atom stereocenters. The van der Waals surface area contributed by atoms with Crippen LogP contribution in [0.15, 0.2) is 77.4 Å². The highest BCUT2D eigenvalue weighted by Gasteiger charge is 2.37. The zero-order chi connectivity index (χ0) is 23.0. The van der Waals surface area contributed by atoms with Gasteiger partial charge in [0, 0.05) is 38.2 Å². The molecular weight excluding hydrogens is 414 g/mol. The van der Waals surface area contributed by atoms with E-state index in [9.17, 15) is 9.59 Å². The van der Waals surface area contributed by atoms with Crippen LogP contribution in [0.1, 0.15) is 30.2 Å². The fraction of sp³-hybridized carbons (Fsp3) is 0.333. The Labute approximate surface area is 195 Å². The molecule has 2 aromatic carbocycles. The lowest BCUT2D eigenvalue weighted by atomic mass is 10.1. The molecule has 2 amide bonds. The summed E-state index contributed by atoms with van der Waals surface area (Å²) in [6.45, 7) is 4.58. The molecule has 1 aliphatic rings. The summed E-state index contributed by atoms with van der Waals surface area (Å²) in [5, 5.41) is 3.07. The molecule has 1 N–H and O–H groups in total. The lowest BCUT2D eigenvalue weighted by Gasteiger charge is -2.26. The first-order valence-electron chi connectivity index (χ1n) is 11.6. The van der Waals surface area contributed by atoms with Gasteiger partial charge in [0.25, 0.3) is 0 Å². The number of fused-ring (bicyclic) bond motifs is 1. The van der Waals surface area contributed by atoms with Gasteiger partial charge in [-0.3, -0.25) is 19.4 Å². The average Bonchev–Trinajstić information content (AvgIpc) is 3.50. The fourth-order valence-electron chi connectivity index (χ4n) is 4.35. The van der Waals surface area contributed by atoms with E-state index >= 15 is 0 Å². The predicted molar refractivity (Wildman–Crippen MR) is 129 cm³/mol. The maximum absolute atomic E-state index is 13.1. The second kappa shape index (κ2) is 11.0. The van der Waals surface area contributed by atoms with Crippen LogP contribution in [-0.4, -0.2) is 42.4 Å². The molecule has 0 saturated carbocycles. The van der Waals surface area contributed by atoms with Crippen molar-refractivity contribution in [1.82, 2.24) is 10.2 Å². The highest BCUT2D eigenvalue weighted by atomic mass is 16.3. The number of hydrogen-bond donors (Lipinski definition) is 1. The number of rotatable bonds is 10. The van der Waals surface area contributed by atoms with Gasteiger partial charge in [-0.15, -0.1) is 0 Å². The van der Waals surface area contributed by atoms with E-state index in [0.29, 0.717) is 32.5 Å². The molecule has 0 saturated heterocycles. The van der Waals surface area contributed by atoms with Crippen molar-refractivity contribution < 1.29 is 14.0 Å². The minimum atomic E-state index is -0.488. The van der Waals surface area contributed by atoms with E-state index in [4.69, 9.17) is 4.42 Å². The average molecular weight is 446 g/mol. The maximum atomic E-state index is 13.1. The zero-order valence-electron chi connectivity index (χ0n) is 19.1. The van der Waals surface area contributed by atoms with E-state index in [1.165, 1.54) is 5.56 Å². The smallest absolute Gasteiger partial charge is 0.243 e. The number of furan rings is 1. The summed E-state index contributed by atoms with van der Waals surface area (Å²) in [5.74, 6) is 0.775. The number of para-hydroxylation sites is 1. The van der Waals surface area contributed by atoms with Crippen molar-refractivity contribution in [2.24, 2.45) is 0 Å². The molecule has 0 fully saturated rings. The van der Waals surface area contributed by atoms with E-state index in [2.05, 4.69) is 34.5 Å². The monoisotopic (exact) mass is 445 g/mol. The van der Waals surface area contributed by atoms with Gasteiger partial charge >= 0.3 is 0 Å². The van der Waals surface area contributed by atoms with Gasteiger partial charge < -0.3 is 9.73 Å². The third-order valence-electron chi connectivity index (χ3n) is 6.10. The Morgan fingerprint density at radius 1 is 1.03 bits per heavy atom. The highest BCUT2D eigenvalue weighted by Crippen LogP contribution is 2.32. The van der Waals surface area contributed by atoms with Gasteiger partial charge in [-0.2, -0.15) is 0 Å². The summed E-state index contributed by atoms with van der Waals surface area (Å²) in [5.41, 5.74) is 3.18. The summed E-state index contributed by atoms with van der Waals surface area (Å²) in [6, 6.07) is 21.5. The van der Waals surface area contributed by atoms with Crippen molar-refractivity contribution in [3.8, 4) is 0 Å². The standard InChI is InChI=1S/C27H31N3O3/c1-2-26(31)30-24-13-7-6-11-22(24)19-25(30)27(32)28-15-17-29(20-23-12-8-18-33-23)16-14-21-9-4-3-5-10-21/h3-13,18,25H,2,14-17,19-20H2,1H3,(H,28,32)/t25-/m1/s1. The predicted octanol–water partition coefficient (Wildman–Crippen LogP) is 3.81. The molecule has 0 bridgehead atoms. The third kappa shape index (κ3) is 5.71. The van der Waals surface area contributed by atoms with Gasteiger partial charge in [0.05, 0.1) is 12.8 Å². The lowest BCUT2D eigenvalue weighted by molar-refractivity contribution is -0.126. The molecule has 3 aromatic rings. The summed E-state index contributed by atoms with van der Waals surface area (Å²) in [4.78, 5) is 29.6. The second-order valence-corrected chi connectivity index (χ2v) is 8.35. The molecule has 1 aromatic heterocycles. The molecule has 0 radical (unpaired) electrons. The van der Waals surface area contributed by atoms with Crippen LogP contribution in [0.25, 0.3) is 0 Å². The molecule has 6 nitrogen and oxygen atoms in total. The van der Waals surface area contributed by atoms with Gasteiger partial charge in [0.2, 0.25) is 11.8 Å². The van der Waals surface area contributed by atoms with Crippen LogP contribution in [0.5, 0.6) is 0 Å². The second-order valence-electron chi connectivity index (χ2n) is 8.35. The Kier molecular flexibility index (Phi) is 7.58. The fourth-order valence-corrected chi connectivity index (χ4v) is 4.35. The Morgan fingerprint density at radius 3 is 2.58 bits per heavy atom. The molecule has 33 heavy (non-hydrogen) atoms. The maximum Gasteiger partial charge on any atom is 0.243 e. The Morgan fingerprint density at radius 2 is 1.82 bits per heavy atom. The summed E-state index contributed by atoms with van der Waals surface area (Å²) in [6.07, 6.45) is 3.53. The van der Waals surface area contributed by atoms with Crippen molar-refractivity contribution >= 4 is 17.5 Å². The molecule has 2 heterocycles. The molecule has 0 unspecified atom stereocenters. The van der Waals surface area contributed by atoms with Crippen molar-refractivity contribution in [3.63, 3.8) is 0 Å². The number of nitrogens with zero attached hydrogens (tertiary/aromatic N) is 2. The van der Waals surface area contributed by atoms with Crippen LogP contribution in [-0.2, 0) is 29.0 Å². The quantitative estimate of drug-likeness (QED) is 0.515. The molecule has 172 valence electrons. The van der Waals surface area contributed by atoms with E-state index in [1.54, 1.807) is 11.2 Å². The number of carbonyl (C=O) groups excluding carboxylic acids is 2. The normalized spacial score (nSPS) is 15.0. The van der Waals surface area contributed by atoms with Crippen LogP contribution in [0, 0.1) is 0 Å². The van der Waals surface area contributed by atoms with E-state index < -0.39 is 6.04 Å². The SMILES string of the molecule is CCC(=O)N1c2ccccc2C[C@@H]1C(=O)NCCN(CCc1ccccc1)Cc1ccco1. The summed E-state index contributed by atoms with van der Waals surface area (Å²) < 4.78 is 5.54. The Hall–Kier alpha value is -3.38. The molecule has 0 aliphatic carbocycles. The van der Waals surface area contributed by atoms with Crippen LogP contribution in [0.2, 0.25) is 0 Å². The van der Waals surface area contributed by atoms with Gasteiger partial charge in [-0.1, -0.05) is 55.5 Å². The third-order valence-corrected chi connectivity index (χ3v) is 6.10. The first-order chi connectivity index (χ1) is 16.2. The van der Waals surface area contributed by atoms with Gasteiger partial charge in [0.15, 0.2) is 0 Å². The minimum Gasteiger partial charge on any atom is -0.468 e. The van der Waals surface area contributed by atoms with Gasteiger partial charge in [-0.25, -0.2) is 0 Å². The zero-order valence-corrected chi connectivity index (χ0v) is 19.1. The molecule has 1 aliphatic heterocycles. The number of nitrogens with one attached hydrogen (secondary N) is 1. The first-order valence-corrected chi connectivity index (χ1v) is 11.6. The van der Waals surface area contributed by atoms with Crippen molar-refractivity contribution in [1.29, 1.82) is 0 Å². The molecular formula is C27H31N3O3. The van der Waals surface area contributed by atoms with E-state index in [0.717, 1.165) is 30.0 Å². The molecule has 6 heteroatoms. The number of carbonyl (C=O) groups is 2. The highest BCUT2D eigenvalue weighted by molar-refractivity contribution is 6.03. The minimum absolute atomic E-state index is 0.0255. The summed E-state index contributed by atoms with van der Waals surface area (Å²) in [7, 11) is 0. The van der Waals surface area contributed by atoms with Crippen LogP contribution >= 0.6 is 0 Å². The van der Waals surface area contributed by atoms with Crippen LogP contribution < -0.4 is 10.2 Å². The summed E-state index contributed by atoms with van der Waals surface area (Å²) >= 11 is 0. The van der Waals surface area contributed by atoms with Crippen molar-refractivity contribution in [3.05, 3.63) is 89.9 Å². The van der Waals surface area contributed by atoms with E-state index in [1.807, 2.05) is 49.4 Å².